The number of carbonyl (C=O) groups is 2. The second kappa shape index (κ2) is 4.52. The average Bonchev–Trinajstić information content (AvgIpc) is 2.82. The van der Waals surface area contributed by atoms with Crippen molar-refractivity contribution in [1.82, 2.24) is 0 Å². The van der Waals surface area contributed by atoms with E-state index < -0.39 is 17.2 Å². The number of rotatable bonds is 3. The highest BCUT2D eigenvalue weighted by atomic mass is 19.1. The largest absolute Gasteiger partial charge is 0.481 e. The molecule has 0 spiro atoms. The second-order valence-electron chi connectivity index (χ2n) is 4.90. The molecule has 0 unspecified atom stereocenters. The van der Waals surface area contributed by atoms with Crippen molar-refractivity contribution in [1.29, 1.82) is 0 Å². The van der Waals surface area contributed by atoms with Gasteiger partial charge in [-0.2, -0.15) is 0 Å². The van der Waals surface area contributed by atoms with E-state index in [2.05, 4.69) is 0 Å². The van der Waals surface area contributed by atoms with E-state index in [-0.39, 0.29) is 0 Å². The van der Waals surface area contributed by atoms with Gasteiger partial charge < -0.3 is 5.11 Å². The molecule has 0 amide bonds. The number of carbonyl (C=O) groups excluding carboxylic acids is 1. The molecule has 4 heteroatoms. The molecule has 1 saturated carbocycles. The van der Waals surface area contributed by atoms with Gasteiger partial charge in [-0.3, -0.25) is 9.59 Å². The molecule has 0 heterocycles. The number of aldehydes is 1. The van der Waals surface area contributed by atoms with Crippen LogP contribution in [0.3, 0.4) is 0 Å². The van der Waals surface area contributed by atoms with Crippen LogP contribution in [0.25, 0.3) is 0 Å². The average molecular weight is 250 g/mol. The first-order chi connectivity index (χ1) is 8.51. The van der Waals surface area contributed by atoms with Crippen LogP contribution in [0.2, 0.25) is 0 Å². The second-order valence-corrected chi connectivity index (χ2v) is 4.90. The van der Waals surface area contributed by atoms with E-state index in [0.29, 0.717) is 35.8 Å². The van der Waals surface area contributed by atoms with Gasteiger partial charge in [0.25, 0.3) is 0 Å². The molecular formula is C14H15FO3. The van der Waals surface area contributed by atoms with Crippen molar-refractivity contribution < 1.29 is 19.1 Å². The van der Waals surface area contributed by atoms with Gasteiger partial charge in [0.15, 0.2) is 0 Å². The quantitative estimate of drug-likeness (QED) is 0.839. The third kappa shape index (κ3) is 1.82. The molecule has 0 bridgehead atoms. The lowest BCUT2D eigenvalue weighted by molar-refractivity contribution is -0.143. The number of hydrogen-bond acceptors (Lipinski definition) is 2. The summed E-state index contributed by atoms with van der Waals surface area (Å²) in [7, 11) is 0. The zero-order valence-corrected chi connectivity index (χ0v) is 10.2. The van der Waals surface area contributed by atoms with Crippen LogP contribution in [0.4, 0.5) is 4.39 Å². The molecular weight excluding hydrogens is 235 g/mol. The highest BCUT2D eigenvalue weighted by Gasteiger charge is 2.44. The van der Waals surface area contributed by atoms with E-state index in [1.165, 1.54) is 12.1 Å². The van der Waals surface area contributed by atoms with Gasteiger partial charge in [-0.05, 0) is 43.0 Å². The summed E-state index contributed by atoms with van der Waals surface area (Å²) in [5, 5.41) is 9.46. The highest BCUT2D eigenvalue weighted by Crippen LogP contribution is 2.43. The fourth-order valence-corrected chi connectivity index (χ4v) is 2.79. The first kappa shape index (κ1) is 12.7. The summed E-state index contributed by atoms with van der Waals surface area (Å²) in [5.74, 6) is -1.42. The lowest BCUT2D eigenvalue weighted by atomic mass is 9.76. The van der Waals surface area contributed by atoms with E-state index in [1.54, 1.807) is 6.92 Å². The van der Waals surface area contributed by atoms with Gasteiger partial charge in [-0.15, -0.1) is 0 Å². The van der Waals surface area contributed by atoms with Crippen molar-refractivity contribution in [2.75, 3.05) is 0 Å². The zero-order valence-electron chi connectivity index (χ0n) is 10.2. The minimum absolute atomic E-state index is 0.290. The van der Waals surface area contributed by atoms with E-state index in [0.717, 1.165) is 12.8 Å². The summed E-state index contributed by atoms with van der Waals surface area (Å²) in [6.45, 7) is 1.56. The predicted molar refractivity (Wildman–Crippen MR) is 64.3 cm³/mol. The van der Waals surface area contributed by atoms with Crippen molar-refractivity contribution in [2.45, 2.75) is 38.0 Å². The number of halogens is 1. The molecule has 0 aliphatic heterocycles. The molecule has 1 aromatic rings. The number of aliphatic carboxylic acids is 1. The van der Waals surface area contributed by atoms with Gasteiger partial charge in [0.1, 0.15) is 12.1 Å². The Morgan fingerprint density at radius 2 is 2.00 bits per heavy atom. The van der Waals surface area contributed by atoms with E-state index in [1.807, 2.05) is 0 Å². The fourth-order valence-electron chi connectivity index (χ4n) is 2.79. The Bertz CT molecular complexity index is 502. The van der Waals surface area contributed by atoms with Crippen molar-refractivity contribution in [3.63, 3.8) is 0 Å². The van der Waals surface area contributed by atoms with Gasteiger partial charge in [-0.1, -0.05) is 12.8 Å². The number of benzene rings is 1. The Hall–Kier alpha value is -1.71. The number of hydrogen-bond donors (Lipinski definition) is 1. The summed E-state index contributed by atoms with van der Waals surface area (Å²) in [6, 6.07) is 2.65. The standard InChI is InChI=1S/C14H15FO3/c1-9-6-10(8-16)11(7-12(9)15)14(13(17)18)4-2-3-5-14/h6-8H,2-5H2,1H3,(H,17,18). The van der Waals surface area contributed by atoms with Gasteiger partial charge in [0.05, 0.1) is 5.41 Å². The fraction of sp³-hybridized carbons (Fsp3) is 0.429. The third-order valence-electron chi connectivity index (χ3n) is 3.84. The molecule has 2 rings (SSSR count). The number of carboxylic acids is 1. The summed E-state index contributed by atoms with van der Waals surface area (Å²) in [5.41, 5.74) is -0.117. The molecule has 1 aliphatic rings. The molecule has 0 saturated heterocycles. The molecule has 1 aromatic carbocycles. The molecule has 3 nitrogen and oxygen atoms in total. The van der Waals surface area contributed by atoms with Crippen LogP contribution in [-0.4, -0.2) is 17.4 Å². The molecule has 1 fully saturated rings. The lowest BCUT2D eigenvalue weighted by Gasteiger charge is -2.26. The van der Waals surface area contributed by atoms with Crippen molar-refractivity contribution >= 4 is 12.3 Å². The van der Waals surface area contributed by atoms with E-state index >= 15 is 0 Å². The van der Waals surface area contributed by atoms with E-state index in [9.17, 15) is 19.1 Å². The normalized spacial score (nSPS) is 17.7. The molecule has 0 radical (unpaired) electrons. The Morgan fingerprint density at radius 1 is 1.39 bits per heavy atom. The summed E-state index contributed by atoms with van der Waals surface area (Å²) < 4.78 is 13.7. The first-order valence-corrected chi connectivity index (χ1v) is 6.00. The Labute approximate surface area is 105 Å². The van der Waals surface area contributed by atoms with Crippen LogP contribution >= 0.6 is 0 Å². The maximum Gasteiger partial charge on any atom is 0.314 e. The first-order valence-electron chi connectivity index (χ1n) is 6.00. The summed E-state index contributed by atoms with van der Waals surface area (Å²) in [4.78, 5) is 22.6. The Balaban J connectivity index is 2.64. The monoisotopic (exact) mass is 250 g/mol. The van der Waals surface area contributed by atoms with Gasteiger partial charge >= 0.3 is 5.97 Å². The zero-order chi connectivity index (χ0) is 13.3. The summed E-state index contributed by atoms with van der Waals surface area (Å²) in [6.07, 6.45) is 3.13. The van der Waals surface area contributed by atoms with Gasteiger partial charge in [-0.25, -0.2) is 4.39 Å². The minimum Gasteiger partial charge on any atom is -0.481 e. The smallest absolute Gasteiger partial charge is 0.314 e. The van der Waals surface area contributed by atoms with Crippen molar-refractivity contribution in [2.24, 2.45) is 0 Å². The lowest BCUT2D eigenvalue weighted by Crippen LogP contribution is -2.34. The highest BCUT2D eigenvalue weighted by molar-refractivity contribution is 5.88. The third-order valence-corrected chi connectivity index (χ3v) is 3.84. The maximum absolute atomic E-state index is 13.7. The number of carboxylic acid groups (broad SMARTS) is 1. The number of aryl methyl sites for hydroxylation is 1. The van der Waals surface area contributed by atoms with Crippen LogP contribution in [-0.2, 0) is 10.2 Å². The van der Waals surface area contributed by atoms with Gasteiger partial charge in [0, 0.05) is 5.56 Å². The molecule has 0 atom stereocenters. The predicted octanol–water partition coefficient (Wildman–Crippen LogP) is 2.84. The van der Waals surface area contributed by atoms with Gasteiger partial charge in [0.2, 0.25) is 0 Å². The van der Waals surface area contributed by atoms with Crippen LogP contribution in [0.1, 0.15) is 47.2 Å². The molecule has 1 N–H and O–H groups in total. The maximum atomic E-state index is 13.7. The minimum atomic E-state index is -1.09. The van der Waals surface area contributed by atoms with Crippen molar-refractivity contribution in [3.8, 4) is 0 Å². The molecule has 1 aliphatic carbocycles. The molecule has 18 heavy (non-hydrogen) atoms. The van der Waals surface area contributed by atoms with E-state index in [4.69, 9.17) is 0 Å². The van der Waals surface area contributed by atoms with Crippen LogP contribution in [0, 0.1) is 12.7 Å². The van der Waals surface area contributed by atoms with Crippen LogP contribution < -0.4 is 0 Å². The van der Waals surface area contributed by atoms with Crippen LogP contribution in [0.5, 0.6) is 0 Å². The Morgan fingerprint density at radius 3 is 2.50 bits per heavy atom. The molecule has 0 aromatic heterocycles. The topological polar surface area (TPSA) is 54.4 Å². The molecule has 96 valence electrons. The Kier molecular flexibility index (Phi) is 3.20. The van der Waals surface area contributed by atoms with Crippen molar-refractivity contribution in [3.05, 3.63) is 34.6 Å². The SMILES string of the molecule is Cc1cc(C=O)c(C2(C(=O)O)CCCC2)cc1F. The van der Waals surface area contributed by atoms with Crippen LogP contribution in [0.15, 0.2) is 12.1 Å². The summed E-state index contributed by atoms with van der Waals surface area (Å²) >= 11 is 0.